The van der Waals surface area contributed by atoms with Crippen LogP contribution in [0.4, 0.5) is 5.69 Å². The Bertz CT molecular complexity index is 360. The number of aliphatic hydroxyl groups is 1. The number of aldehydes is 1. The van der Waals surface area contributed by atoms with E-state index in [1.807, 2.05) is 19.1 Å². The van der Waals surface area contributed by atoms with E-state index in [0.29, 0.717) is 11.8 Å². The second-order valence-electron chi connectivity index (χ2n) is 4.63. The van der Waals surface area contributed by atoms with Crippen LogP contribution < -0.4 is 5.32 Å². The fraction of sp³-hybridized carbons (Fsp3) is 0.562. The average molecular weight is 265 g/mol. The number of carbonyl (C=O) groups excluding carboxylic acids is 1. The van der Waals surface area contributed by atoms with Crippen molar-refractivity contribution < 1.29 is 9.90 Å². The van der Waals surface area contributed by atoms with E-state index < -0.39 is 6.10 Å². The minimum absolute atomic E-state index is 0.523. The lowest BCUT2D eigenvalue weighted by molar-refractivity contribution is -0.115. The highest BCUT2D eigenvalue weighted by atomic mass is 16.3. The summed E-state index contributed by atoms with van der Waals surface area (Å²) >= 11 is 0. The molecule has 19 heavy (non-hydrogen) atoms. The topological polar surface area (TPSA) is 49.3 Å². The van der Waals surface area contributed by atoms with Gasteiger partial charge in [-0.25, -0.2) is 0 Å². The molecule has 0 spiro atoms. The number of rotatable bonds is 6. The minimum Gasteiger partial charge on any atom is -0.388 e. The SMILES string of the molecule is CCCCCC.CNc1ccc(C)cc1C(O)C=O. The summed E-state index contributed by atoms with van der Waals surface area (Å²) in [6.45, 7) is 6.38. The zero-order valence-electron chi connectivity index (χ0n) is 12.6. The van der Waals surface area contributed by atoms with E-state index in [9.17, 15) is 9.90 Å². The van der Waals surface area contributed by atoms with E-state index in [4.69, 9.17) is 0 Å². The lowest BCUT2D eigenvalue weighted by Gasteiger charge is -2.11. The molecule has 108 valence electrons. The van der Waals surface area contributed by atoms with Crippen molar-refractivity contribution in [2.75, 3.05) is 12.4 Å². The summed E-state index contributed by atoms with van der Waals surface area (Å²) in [6, 6.07) is 5.56. The van der Waals surface area contributed by atoms with E-state index >= 15 is 0 Å². The van der Waals surface area contributed by atoms with Gasteiger partial charge in [-0.05, 0) is 13.0 Å². The predicted octanol–water partition coefficient (Wildman–Crippen LogP) is 3.86. The largest absolute Gasteiger partial charge is 0.388 e. The van der Waals surface area contributed by atoms with Gasteiger partial charge >= 0.3 is 0 Å². The first-order chi connectivity index (χ1) is 9.10. The summed E-state index contributed by atoms with van der Waals surface area (Å²) in [5, 5.41) is 12.3. The smallest absolute Gasteiger partial charge is 0.153 e. The Labute approximate surface area is 117 Å². The third kappa shape index (κ3) is 6.97. The summed E-state index contributed by atoms with van der Waals surface area (Å²) in [4.78, 5) is 10.4. The molecule has 0 aromatic heterocycles. The van der Waals surface area contributed by atoms with Crippen LogP contribution in [0.5, 0.6) is 0 Å². The molecule has 0 aliphatic carbocycles. The molecule has 1 unspecified atom stereocenters. The van der Waals surface area contributed by atoms with Gasteiger partial charge < -0.3 is 15.2 Å². The summed E-state index contributed by atoms with van der Waals surface area (Å²) < 4.78 is 0. The van der Waals surface area contributed by atoms with Crippen molar-refractivity contribution in [1.82, 2.24) is 0 Å². The van der Waals surface area contributed by atoms with Crippen LogP contribution in [0.25, 0.3) is 0 Å². The summed E-state index contributed by atoms with van der Waals surface area (Å²) in [7, 11) is 1.76. The quantitative estimate of drug-likeness (QED) is 0.606. The molecule has 0 aliphatic heterocycles. The lowest BCUT2D eigenvalue weighted by Crippen LogP contribution is -2.03. The van der Waals surface area contributed by atoms with Crippen LogP contribution >= 0.6 is 0 Å². The minimum atomic E-state index is -1.04. The predicted molar refractivity (Wildman–Crippen MR) is 81.6 cm³/mol. The van der Waals surface area contributed by atoms with Crippen molar-refractivity contribution >= 4 is 12.0 Å². The average Bonchev–Trinajstić information content (AvgIpc) is 2.44. The van der Waals surface area contributed by atoms with Gasteiger partial charge in [-0.1, -0.05) is 57.2 Å². The van der Waals surface area contributed by atoms with E-state index in [1.54, 1.807) is 13.1 Å². The van der Waals surface area contributed by atoms with Crippen LogP contribution in [0.15, 0.2) is 18.2 Å². The van der Waals surface area contributed by atoms with Crippen LogP contribution in [0.2, 0.25) is 0 Å². The van der Waals surface area contributed by atoms with Crippen molar-refractivity contribution in [2.45, 2.75) is 52.6 Å². The molecule has 2 N–H and O–H groups in total. The summed E-state index contributed by atoms with van der Waals surface area (Å²) in [5.41, 5.74) is 2.43. The van der Waals surface area contributed by atoms with Gasteiger partial charge in [0.15, 0.2) is 6.29 Å². The molecule has 1 atom stereocenters. The fourth-order valence-electron chi connectivity index (χ4n) is 1.73. The molecular formula is C16H27NO2. The number of aryl methyl sites for hydroxylation is 1. The first-order valence-corrected chi connectivity index (χ1v) is 7.02. The molecule has 0 fully saturated rings. The fourth-order valence-corrected chi connectivity index (χ4v) is 1.73. The highest BCUT2D eigenvalue weighted by Gasteiger charge is 2.10. The molecular weight excluding hydrogens is 238 g/mol. The van der Waals surface area contributed by atoms with Crippen molar-refractivity contribution in [3.8, 4) is 0 Å². The molecule has 1 aromatic carbocycles. The molecule has 1 rings (SSSR count). The van der Waals surface area contributed by atoms with Gasteiger partial charge in [-0.15, -0.1) is 0 Å². The lowest BCUT2D eigenvalue weighted by atomic mass is 10.1. The Hall–Kier alpha value is -1.35. The van der Waals surface area contributed by atoms with Gasteiger partial charge in [-0.2, -0.15) is 0 Å². The second kappa shape index (κ2) is 10.6. The third-order valence-electron chi connectivity index (χ3n) is 2.88. The maximum absolute atomic E-state index is 10.4. The third-order valence-corrected chi connectivity index (χ3v) is 2.88. The van der Waals surface area contributed by atoms with Crippen molar-refractivity contribution in [1.29, 1.82) is 0 Å². The molecule has 1 aromatic rings. The van der Waals surface area contributed by atoms with Crippen molar-refractivity contribution in [3.63, 3.8) is 0 Å². The van der Waals surface area contributed by atoms with Crippen LogP contribution in [-0.2, 0) is 4.79 Å². The summed E-state index contributed by atoms with van der Waals surface area (Å²) in [6.07, 6.45) is 5.02. The molecule has 0 radical (unpaired) electrons. The maximum atomic E-state index is 10.4. The van der Waals surface area contributed by atoms with Crippen LogP contribution in [0.1, 0.15) is 56.8 Å². The Balaban J connectivity index is 0.000000459. The molecule has 0 bridgehead atoms. The zero-order chi connectivity index (χ0) is 14.7. The van der Waals surface area contributed by atoms with Gasteiger partial charge in [0, 0.05) is 18.3 Å². The first kappa shape index (κ1) is 17.6. The van der Waals surface area contributed by atoms with Crippen molar-refractivity contribution in [3.05, 3.63) is 29.3 Å². The number of benzene rings is 1. The molecule has 0 heterocycles. The summed E-state index contributed by atoms with van der Waals surface area (Å²) in [5.74, 6) is 0. The van der Waals surface area contributed by atoms with E-state index in [0.717, 1.165) is 11.3 Å². The first-order valence-electron chi connectivity index (χ1n) is 7.02. The van der Waals surface area contributed by atoms with E-state index in [2.05, 4.69) is 19.2 Å². The maximum Gasteiger partial charge on any atom is 0.153 e. The highest BCUT2D eigenvalue weighted by Crippen LogP contribution is 2.22. The van der Waals surface area contributed by atoms with Crippen LogP contribution in [0.3, 0.4) is 0 Å². The number of unbranched alkanes of at least 4 members (excludes halogenated alkanes) is 3. The van der Waals surface area contributed by atoms with Gasteiger partial charge in [0.05, 0.1) is 0 Å². The Morgan fingerprint density at radius 3 is 2.26 bits per heavy atom. The molecule has 0 saturated carbocycles. The molecule has 0 saturated heterocycles. The Morgan fingerprint density at radius 1 is 1.26 bits per heavy atom. The standard InChI is InChI=1S/C10H13NO2.C6H14/c1-7-3-4-9(11-2)8(5-7)10(13)6-12;1-3-5-6-4-2/h3-6,10-11,13H,1-2H3;3-6H2,1-2H3. The molecule has 3 heteroatoms. The zero-order valence-corrected chi connectivity index (χ0v) is 12.6. The van der Waals surface area contributed by atoms with Gasteiger partial charge in [0.2, 0.25) is 0 Å². The Morgan fingerprint density at radius 2 is 1.84 bits per heavy atom. The Kier molecular flexibility index (Phi) is 9.81. The van der Waals surface area contributed by atoms with Crippen molar-refractivity contribution in [2.24, 2.45) is 0 Å². The number of hydrogen-bond donors (Lipinski definition) is 2. The monoisotopic (exact) mass is 265 g/mol. The molecule has 3 nitrogen and oxygen atoms in total. The van der Waals surface area contributed by atoms with Crippen LogP contribution in [0, 0.1) is 6.92 Å². The number of hydrogen-bond acceptors (Lipinski definition) is 3. The molecule has 0 aliphatic rings. The van der Waals surface area contributed by atoms with Gasteiger partial charge in [0.25, 0.3) is 0 Å². The highest BCUT2D eigenvalue weighted by molar-refractivity contribution is 5.66. The normalized spacial score (nSPS) is 11.2. The molecule has 0 amide bonds. The van der Waals surface area contributed by atoms with Gasteiger partial charge in [-0.3, -0.25) is 0 Å². The van der Waals surface area contributed by atoms with E-state index in [-0.39, 0.29) is 0 Å². The van der Waals surface area contributed by atoms with Crippen LogP contribution in [-0.4, -0.2) is 18.4 Å². The number of aliphatic hydroxyl groups excluding tert-OH is 1. The second-order valence-corrected chi connectivity index (χ2v) is 4.63. The number of nitrogens with one attached hydrogen (secondary N) is 1. The number of carbonyl (C=O) groups is 1. The van der Waals surface area contributed by atoms with E-state index in [1.165, 1.54) is 25.7 Å². The van der Waals surface area contributed by atoms with Gasteiger partial charge in [0.1, 0.15) is 6.10 Å². The number of anilines is 1.